The Kier molecular flexibility index (Phi) is 8.85. The summed E-state index contributed by atoms with van der Waals surface area (Å²) < 4.78 is 9.92. The number of hydrogen-bond donors (Lipinski definition) is 9. The van der Waals surface area contributed by atoms with Crippen LogP contribution in [-0.4, -0.2) is 119 Å². The van der Waals surface area contributed by atoms with Crippen LogP contribution in [0.25, 0.3) is 0 Å². The molecule has 1 aromatic heterocycles. The van der Waals surface area contributed by atoms with Crippen LogP contribution in [0.4, 0.5) is 9.59 Å². The molecule has 2 rings (SSSR count). The fourth-order valence-electron chi connectivity index (χ4n) is 3.40. The SMILES string of the molecule is NC(=O)OCC(O)C(O)C(N)C(C=O)N(C(=O)O)C1OC(n2cc(C(=O)O)c(=O)[nH]c2=O)C(O)C1O. The number of aromatic carboxylic acids is 1. The van der Waals surface area contributed by atoms with Crippen LogP contribution in [0.5, 0.6) is 0 Å². The molecule has 1 aliphatic rings. The van der Waals surface area contributed by atoms with Gasteiger partial charge in [-0.05, 0) is 0 Å². The molecule has 2 heterocycles. The summed E-state index contributed by atoms with van der Waals surface area (Å²) in [6.07, 6.45) is -15.3. The topological polar surface area (TPSA) is 318 Å². The average Bonchev–Trinajstić information content (AvgIpc) is 3.08. The monoisotopic (exact) mass is 521 g/mol. The zero-order valence-corrected chi connectivity index (χ0v) is 18.0. The van der Waals surface area contributed by atoms with Crippen molar-refractivity contribution >= 4 is 24.4 Å². The van der Waals surface area contributed by atoms with Crippen molar-refractivity contribution in [3.05, 3.63) is 32.6 Å². The molecule has 0 spiro atoms. The lowest BCUT2D eigenvalue weighted by molar-refractivity contribution is -0.135. The standard InChI is InChI=1S/C17H23N5O14/c18-7(8(25)6(24)3-35-15(19)31)5(2-23)22(17(33)34)13-10(27)9(26)12(36-13)21-1-4(14(29)30)11(28)20-16(21)32/h1-2,5-10,12-13,24-27H,3,18H2,(H2,19,31)(H,29,30)(H,33,34)(H,20,28,32). The van der Waals surface area contributed by atoms with E-state index in [1.165, 1.54) is 0 Å². The molecule has 200 valence electrons. The Morgan fingerprint density at radius 2 is 1.83 bits per heavy atom. The maximum Gasteiger partial charge on any atom is 0.410 e. The number of ether oxygens (including phenoxy) is 2. The summed E-state index contributed by atoms with van der Waals surface area (Å²) >= 11 is 0. The number of carboxylic acid groups (broad SMARTS) is 2. The molecule has 1 fully saturated rings. The zero-order valence-electron chi connectivity index (χ0n) is 18.0. The quantitative estimate of drug-likeness (QED) is 0.130. The number of nitrogens with zero attached hydrogens (tertiary/aromatic N) is 2. The molecule has 0 saturated carbocycles. The Bertz CT molecular complexity index is 1120. The van der Waals surface area contributed by atoms with Gasteiger partial charge in [-0.2, -0.15) is 0 Å². The number of H-pyrrole nitrogens is 1. The number of aromatic amines is 1. The van der Waals surface area contributed by atoms with Crippen LogP contribution in [0.15, 0.2) is 15.8 Å². The summed E-state index contributed by atoms with van der Waals surface area (Å²) in [5.41, 5.74) is 6.92. The van der Waals surface area contributed by atoms with Gasteiger partial charge >= 0.3 is 23.8 Å². The minimum Gasteiger partial charge on any atom is -0.477 e. The zero-order chi connectivity index (χ0) is 27.5. The second kappa shape index (κ2) is 11.2. The van der Waals surface area contributed by atoms with E-state index in [9.17, 15) is 54.3 Å². The van der Waals surface area contributed by atoms with Crippen LogP contribution in [0.3, 0.4) is 0 Å². The van der Waals surface area contributed by atoms with Crippen LogP contribution in [0, 0.1) is 0 Å². The molecule has 0 bridgehead atoms. The second-order valence-corrected chi connectivity index (χ2v) is 7.49. The Balaban J connectivity index is 2.40. The van der Waals surface area contributed by atoms with Gasteiger partial charge in [0, 0.05) is 6.20 Å². The molecular formula is C17H23N5O14. The number of carboxylic acids is 1. The maximum atomic E-state index is 12.2. The number of hydrogen-bond acceptors (Lipinski definition) is 13. The lowest BCUT2D eigenvalue weighted by atomic mass is 9.98. The number of aliphatic hydroxyl groups excluding tert-OH is 4. The van der Waals surface area contributed by atoms with Crippen LogP contribution in [-0.2, 0) is 14.3 Å². The highest BCUT2D eigenvalue weighted by Gasteiger charge is 2.51. The Morgan fingerprint density at radius 1 is 1.22 bits per heavy atom. The van der Waals surface area contributed by atoms with E-state index >= 15 is 0 Å². The third-order valence-corrected chi connectivity index (χ3v) is 5.22. The normalized spacial score (nSPS) is 24.8. The molecule has 2 amide bonds. The Labute approximate surface area is 198 Å². The van der Waals surface area contributed by atoms with E-state index in [-0.39, 0.29) is 11.2 Å². The smallest absolute Gasteiger partial charge is 0.410 e. The molecule has 11 N–H and O–H groups in total. The summed E-state index contributed by atoms with van der Waals surface area (Å²) in [5, 5.41) is 59.6. The van der Waals surface area contributed by atoms with Crippen molar-refractivity contribution in [1.29, 1.82) is 0 Å². The lowest BCUT2D eigenvalue weighted by Gasteiger charge is -2.37. The number of primary amides is 1. The van der Waals surface area contributed by atoms with E-state index < -0.39 is 90.5 Å². The molecule has 1 aliphatic heterocycles. The number of nitrogens with two attached hydrogens (primary N) is 2. The van der Waals surface area contributed by atoms with E-state index in [2.05, 4.69) is 4.74 Å². The number of nitrogens with one attached hydrogen (secondary N) is 1. The average molecular weight is 521 g/mol. The largest absolute Gasteiger partial charge is 0.477 e. The minimum absolute atomic E-state index is 0.0747. The second-order valence-electron chi connectivity index (χ2n) is 7.49. The number of aromatic nitrogens is 2. The minimum atomic E-state index is -2.17. The molecule has 19 heteroatoms. The van der Waals surface area contributed by atoms with E-state index in [1.54, 1.807) is 4.98 Å². The molecule has 8 atom stereocenters. The molecule has 36 heavy (non-hydrogen) atoms. The number of amides is 2. The molecule has 19 nitrogen and oxygen atoms in total. The first-order valence-corrected chi connectivity index (χ1v) is 9.83. The summed E-state index contributed by atoms with van der Waals surface area (Å²) in [4.78, 5) is 71.1. The van der Waals surface area contributed by atoms with E-state index in [0.717, 1.165) is 0 Å². The van der Waals surface area contributed by atoms with Gasteiger partial charge in [0.25, 0.3) is 5.56 Å². The van der Waals surface area contributed by atoms with Crippen molar-refractivity contribution in [1.82, 2.24) is 14.5 Å². The Hall–Kier alpha value is -3.88. The van der Waals surface area contributed by atoms with Crippen LogP contribution >= 0.6 is 0 Å². The van der Waals surface area contributed by atoms with Crippen LogP contribution in [0.2, 0.25) is 0 Å². The number of aliphatic hydroxyl groups is 4. The first-order valence-electron chi connectivity index (χ1n) is 9.83. The fraction of sp³-hybridized carbons (Fsp3) is 0.529. The van der Waals surface area contributed by atoms with E-state index in [1.807, 2.05) is 0 Å². The number of aldehydes is 1. The summed E-state index contributed by atoms with van der Waals surface area (Å²) in [6.45, 7) is -0.882. The van der Waals surface area contributed by atoms with Crippen molar-refractivity contribution in [3.63, 3.8) is 0 Å². The van der Waals surface area contributed by atoms with E-state index in [0.29, 0.717) is 10.8 Å². The molecule has 1 saturated heterocycles. The fourth-order valence-corrected chi connectivity index (χ4v) is 3.40. The van der Waals surface area contributed by atoms with Gasteiger partial charge in [-0.15, -0.1) is 0 Å². The van der Waals surface area contributed by atoms with Gasteiger partial charge in [-0.25, -0.2) is 19.2 Å². The van der Waals surface area contributed by atoms with Crippen LogP contribution in [0.1, 0.15) is 16.6 Å². The van der Waals surface area contributed by atoms with Gasteiger partial charge in [0.05, 0.1) is 6.04 Å². The molecule has 0 radical (unpaired) electrons. The van der Waals surface area contributed by atoms with Gasteiger partial charge in [0.1, 0.15) is 48.9 Å². The van der Waals surface area contributed by atoms with Gasteiger partial charge < -0.3 is 56.4 Å². The van der Waals surface area contributed by atoms with Gasteiger partial charge in [0.15, 0.2) is 12.5 Å². The predicted molar refractivity (Wildman–Crippen MR) is 109 cm³/mol. The van der Waals surface area contributed by atoms with Gasteiger partial charge in [0.2, 0.25) is 0 Å². The number of carbonyl (C=O) groups is 4. The van der Waals surface area contributed by atoms with Crippen molar-refractivity contribution in [3.8, 4) is 0 Å². The van der Waals surface area contributed by atoms with Crippen molar-refractivity contribution < 1.29 is 59.3 Å². The number of carbonyl (C=O) groups excluding carboxylic acids is 2. The summed E-state index contributed by atoms with van der Waals surface area (Å²) in [7, 11) is 0. The van der Waals surface area contributed by atoms with Crippen molar-refractivity contribution in [2.45, 2.75) is 49.0 Å². The third kappa shape index (κ3) is 5.67. The highest BCUT2D eigenvalue weighted by molar-refractivity contribution is 5.86. The third-order valence-electron chi connectivity index (χ3n) is 5.22. The molecule has 1 aromatic rings. The molecule has 8 unspecified atom stereocenters. The Morgan fingerprint density at radius 3 is 2.33 bits per heavy atom. The first-order chi connectivity index (χ1) is 16.7. The first kappa shape index (κ1) is 28.4. The van der Waals surface area contributed by atoms with Gasteiger partial charge in [-0.3, -0.25) is 19.2 Å². The predicted octanol–water partition coefficient (Wildman–Crippen LogP) is -5.50. The lowest BCUT2D eigenvalue weighted by Crippen LogP contribution is -2.63. The molecule has 0 aliphatic carbocycles. The van der Waals surface area contributed by atoms with Crippen LogP contribution < -0.4 is 22.7 Å². The molecule has 0 aromatic carbocycles. The summed E-state index contributed by atoms with van der Waals surface area (Å²) in [5.74, 6) is -1.76. The maximum absolute atomic E-state index is 12.2. The van der Waals surface area contributed by atoms with Crippen molar-refractivity contribution in [2.24, 2.45) is 11.5 Å². The number of rotatable bonds is 10. The summed E-state index contributed by atoms with van der Waals surface area (Å²) in [6, 6.07) is -3.99. The highest BCUT2D eigenvalue weighted by Crippen LogP contribution is 2.32. The van der Waals surface area contributed by atoms with Gasteiger partial charge in [-0.1, -0.05) is 0 Å². The van der Waals surface area contributed by atoms with E-state index in [4.69, 9.17) is 21.3 Å². The highest BCUT2D eigenvalue weighted by atomic mass is 16.6. The molecular weight excluding hydrogens is 498 g/mol. The van der Waals surface area contributed by atoms with Crippen molar-refractivity contribution in [2.75, 3.05) is 6.61 Å².